The Kier molecular flexibility index (Phi) is 7.03. The summed E-state index contributed by atoms with van der Waals surface area (Å²) in [5, 5.41) is 0. The molecule has 1 aliphatic heterocycles. The van der Waals surface area contributed by atoms with E-state index in [0.717, 1.165) is 37.9 Å². The first-order valence-corrected chi connectivity index (χ1v) is 7.30. The van der Waals surface area contributed by atoms with Crippen LogP contribution in [0.15, 0.2) is 30.3 Å². The van der Waals surface area contributed by atoms with E-state index in [1.54, 1.807) is 0 Å². The van der Waals surface area contributed by atoms with Crippen molar-refractivity contribution in [1.29, 1.82) is 0 Å². The number of nitrogens with zero attached hydrogens (tertiary/aromatic N) is 1. The fourth-order valence-corrected chi connectivity index (χ4v) is 2.85. The second kappa shape index (κ2) is 8.28. The zero-order valence-corrected chi connectivity index (χ0v) is 12.9. The normalized spacial score (nSPS) is 19.5. The summed E-state index contributed by atoms with van der Waals surface area (Å²) in [5.41, 5.74) is 6.85. The summed E-state index contributed by atoms with van der Waals surface area (Å²) in [6, 6.07) is 10.1. The summed E-state index contributed by atoms with van der Waals surface area (Å²) in [5.74, 6) is 0.786. The summed E-state index contributed by atoms with van der Waals surface area (Å²) in [6.07, 6.45) is 3.00. The van der Waals surface area contributed by atoms with Gasteiger partial charge in [-0.2, -0.15) is 0 Å². The lowest BCUT2D eigenvalue weighted by molar-refractivity contribution is -0.132. The molecule has 0 saturated carbocycles. The van der Waals surface area contributed by atoms with Crippen LogP contribution in [0.3, 0.4) is 0 Å². The van der Waals surface area contributed by atoms with E-state index in [1.807, 2.05) is 23.1 Å². The molecule has 2 rings (SSSR count). The van der Waals surface area contributed by atoms with Crippen molar-refractivity contribution in [2.75, 3.05) is 19.6 Å². The number of halogens is 1. The largest absolute Gasteiger partial charge is 0.342 e. The van der Waals surface area contributed by atoms with E-state index in [9.17, 15) is 4.79 Å². The predicted octanol–water partition coefficient (Wildman–Crippen LogP) is 2.80. The van der Waals surface area contributed by atoms with Crippen LogP contribution in [0.5, 0.6) is 0 Å². The molecule has 2 atom stereocenters. The summed E-state index contributed by atoms with van der Waals surface area (Å²) in [6.45, 7) is 4.53. The monoisotopic (exact) mass is 296 g/mol. The van der Waals surface area contributed by atoms with Crippen molar-refractivity contribution in [3.8, 4) is 0 Å². The fraction of sp³-hybridized carbons (Fsp3) is 0.562. The average Bonchev–Trinajstić information content (AvgIpc) is 2.94. The van der Waals surface area contributed by atoms with Crippen molar-refractivity contribution in [2.24, 2.45) is 11.7 Å². The van der Waals surface area contributed by atoms with Gasteiger partial charge >= 0.3 is 0 Å². The van der Waals surface area contributed by atoms with E-state index < -0.39 is 0 Å². The van der Waals surface area contributed by atoms with Crippen LogP contribution >= 0.6 is 12.4 Å². The lowest BCUT2D eigenvalue weighted by Crippen LogP contribution is -2.34. The van der Waals surface area contributed by atoms with E-state index in [4.69, 9.17) is 5.73 Å². The van der Waals surface area contributed by atoms with Gasteiger partial charge in [0.25, 0.3) is 0 Å². The maximum Gasteiger partial charge on any atom is 0.230 e. The second-order valence-electron chi connectivity index (χ2n) is 5.43. The lowest BCUT2D eigenvalue weighted by atomic mass is 9.93. The minimum Gasteiger partial charge on any atom is -0.342 e. The Labute approximate surface area is 127 Å². The molecule has 1 saturated heterocycles. The third-order valence-electron chi connectivity index (χ3n) is 4.01. The van der Waals surface area contributed by atoms with Gasteiger partial charge in [-0.05, 0) is 30.9 Å². The first-order chi connectivity index (χ1) is 9.26. The van der Waals surface area contributed by atoms with Crippen molar-refractivity contribution in [3.05, 3.63) is 35.9 Å². The van der Waals surface area contributed by atoms with Crippen LogP contribution < -0.4 is 5.73 Å². The molecule has 0 bridgehead atoms. The fourth-order valence-electron chi connectivity index (χ4n) is 2.85. The molecule has 0 aromatic heterocycles. The quantitative estimate of drug-likeness (QED) is 0.908. The van der Waals surface area contributed by atoms with Crippen molar-refractivity contribution in [2.45, 2.75) is 32.1 Å². The highest BCUT2D eigenvalue weighted by molar-refractivity contribution is 5.85. The smallest absolute Gasteiger partial charge is 0.230 e. The zero-order chi connectivity index (χ0) is 13.7. The highest BCUT2D eigenvalue weighted by Crippen LogP contribution is 2.26. The molecule has 2 N–H and O–H groups in total. The molecule has 3 nitrogen and oxygen atoms in total. The van der Waals surface area contributed by atoms with Crippen molar-refractivity contribution >= 4 is 18.3 Å². The Hall–Kier alpha value is -1.06. The number of hydrogen-bond acceptors (Lipinski definition) is 2. The number of benzene rings is 1. The van der Waals surface area contributed by atoms with Gasteiger partial charge in [0.05, 0.1) is 5.92 Å². The number of rotatable bonds is 5. The topological polar surface area (TPSA) is 46.3 Å². The molecular weight excluding hydrogens is 272 g/mol. The molecule has 0 aliphatic carbocycles. The summed E-state index contributed by atoms with van der Waals surface area (Å²) in [4.78, 5) is 14.7. The minimum absolute atomic E-state index is 0. The summed E-state index contributed by atoms with van der Waals surface area (Å²) < 4.78 is 0. The molecule has 1 aromatic carbocycles. The number of carbonyl (C=O) groups excluding carboxylic acids is 1. The van der Waals surface area contributed by atoms with Crippen LogP contribution in [-0.2, 0) is 4.79 Å². The first kappa shape index (κ1) is 17.0. The van der Waals surface area contributed by atoms with E-state index in [0.29, 0.717) is 12.5 Å². The molecular formula is C16H25ClN2O. The van der Waals surface area contributed by atoms with Gasteiger partial charge in [-0.25, -0.2) is 0 Å². The van der Waals surface area contributed by atoms with E-state index >= 15 is 0 Å². The maximum absolute atomic E-state index is 12.7. The Morgan fingerprint density at radius 2 is 2.10 bits per heavy atom. The molecule has 0 radical (unpaired) electrons. The van der Waals surface area contributed by atoms with Gasteiger partial charge in [-0.1, -0.05) is 43.7 Å². The molecule has 4 heteroatoms. The average molecular weight is 297 g/mol. The van der Waals surface area contributed by atoms with E-state index in [1.165, 1.54) is 0 Å². The van der Waals surface area contributed by atoms with Crippen molar-refractivity contribution < 1.29 is 4.79 Å². The molecule has 20 heavy (non-hydrogen) atoms. The van der Waals surface area contributed by atoms with Crippen LogP contribution in [-0.4, -0.2) is 30.4 Å². The van der Waals surface area contributed by atoms with Crippen LogP contribution in [0.4, 0.5) is 0 Å². The Morgan fingerprint density at radius 3 is 2.65 bits per heavy atom. The predicted molar refractivity (Wildman–Crippen MR) is 85.1 cm³/mol. The molecule has 1 heterocycles. The lowest BCUT2D eigenvalue weighted by Gasteiger charge is -2.23. The van der Waals surface area contributed by atoms with Crippen LogP contribution in [0.1, 0.15) is 37.7 Å². The molecule has 1 aromatic rings. The molecule has 1 fully saturated rings. The van der Waals surface area contributed by atoms with E-state index in [2.05, 4.69) is 19.1 Å². The number of carbonyl (C=O) groups is 1. The second-order valence-corrected chi connectivity index (χ2v) is 5.43. The minimum atomic E-state index is 0. The van der Waals surface area contributed by atoms with Gasteiger partial charge in [0.1, 0.15) is 0 Å². The molecule has 1 aliphatic rings. The molecule has 1 amide bonds. The Balaban J connectivity index is 0.00000200. The number of amides is 1. The SMILES string of the molecule is CCCC(C(=O)N1CCC(CN)C1)c1ccccc1.Cl. The highest BCUT2D eigenvalue weighted by Gasteiger charge is 2.30. The van der Waals surface area contributed by atoms with Gasteiger partial charge in [0, 0.05) is 13.1 Å². The number of nitrogens with two attached hydrogens (primary N) is 1. The molecule has 2 unspecified atom stereocenters. The van der Waals surface area contributed by atoms with Gasteiger partial charge in [-0.15, -0.1) is 12.4 Å². The van der Waals surface area contributed by atoms with Gasteiger partial charge in [0.2, 0.25) is 5.91 Å². The maximum atomic E-state index is 12.7. The van der Waals surface area contributed by atoms with Crippen LogP contribution in [0, 0.1) is 5.92 Å². The van der Waals surface area contributed by atoms with Gasteiger partial charge < -0.3 is 10.6 Å². The van der Waals surface area contributed by atoms with Gasteiger partial charge in [-0.3, -0.25) is 4.79 Å². The third kappa shape index (κ3) is 3.97. The van der Waals surface area contributed by atoms with Crippen molar-refractivity contribution in [3.63, 3.8) is 0 Å². The van der Waals surface area contributed by atoms with Gasteiger partial charge in [0.15, 0.2) is 0 Å². The van der Waals surface area contributed by atoms with E-state index in [-0.39, 0.29) is 24.2 Å². The number of likely N-dealkylation sites (tertiary alicyclic amines) is 1. The molecule has 0 spiro atoms. The van der Waals surface area contributed by atoms with Crippen LogP contribution in [0.25, 0.3) is 0 Å². The number of hydrogen-bond donors (Lipinski definition) is 1. The summed E-state index contributed by atoms with van der Waals surface area (Å²) in [7, 11) is 0. The van der Waals surface area contributed by atoms with Crippen LogP contribution in [0.2, 0.25) is 0 Å². The Bertz CT molecular complexity index is 410. The first-order valence-electron chi connectivity index (χ1n) is 7.30. The van der Waals surface area contributed by atoms with Crippen molar-refractivity contribution in [1.82, 2.24) is 4.90 Å². The zero-order valence-electron chi connectivity index (χ0n) is 12.1. The highest BCUT2D eigenvalue weighted by atomic mass is 35.5. The summed E-state index contributed by atoms with van der Waals surface area (Å²) >= 11 is 0. The standard InChI is InChI=1S/C16H24N2O.ClH/c1-2-6-15(14-7-4-3-5-8-14)16(19)18-10-9-13(11-17)12-18;/h3-5,7-8,13,15H,2,6,9-12,17H2,1H3;1H. The Morgan fingerprint density at radius 1 is 1.40 bits per heavy atom. The molecule has 112 valence electrons. The third-order valence-corrected chi connectivity index (χ3v) is 4.01.